The van der Waals surface area contributed by atoms with Crippen molar-refractivity contribution in [1.29, 1.82) is 0 Å². The van der Waals surface area contributed by atoms with E-state index in [1.807, 2.05) is 0 Å². The van der Waals surface area contributed by atoms with E-state index in [-0.39, 0.29) is 18.6 Å². The molecule has 2 unspecified atom stereocenters. The number of carbonyl (C=O) groups excluding carboxylic acids is 1. The van der Waals surface area contributed by atoms with Gasteiger partial charge in [-0.2, -0.15) is 0 Å². The van der Waals surface area contributed by atoms with E-state index in [2.05, 4.69) is 5.32 Å². The minimum absolute atomic E-state index is 0.0498. The maximum atomic E-state index is 11.7. The highest BCUT2D eigenvalue weighted by Gasteiger charge is 2.22. The third-order valence-electron chi connectivity index (χ3n) is 3.36. The van der Waals surface area contributed by atoms with Crippen LogP contribution in [0.15, 0.2) is 24.3 Å². The van der Waals surface area contributed by atoms with Crippen molar-refractivity contribution < 1.29 is 14.6 Å². The number of ether oxygens (including phenoxy) is 1. The summed E-state index contributed by atoms with van der Waals surface area (Å²) in [5.74, 6) is 0.436. The Morgan fingerprint density at radius 1 is 1.45 bits per heavy atom. The van der Waals surface area contributed by atoms with Crippen molar-refractivity contribution in [1.82, 2.24) is 5.32 Å². The Balaban J connectivity index is 1.75. The molecule has 2 N–H and O–H groups in total. The van der Waals surface area contributed by atoms with E-state index in [0.717, 1.165) is 5.56 Å². The minimum Gasteiger partial charge on any atom is -0.386 e. The predicted molar refractivity (Wildman–Crippen MR) is 77.6 cm³/mol. The predicted octanol–water partition coefficient (Wildman–Crippen LogP) is 2.30. The van der Waals surface area contributed by atoms with E-state index < -0.39 is 6.10 Å². The van der Waals surface area contributed by atoms with Crippen LogP contribution in [0.1, 0.15) is 31.4 Å². The molecule has 1 amide bonds. The largest absolute Gasteiger partial charge is 0.386 e. The number of aliphatic hydroxyl groups excluding tert-OH is 1. The molecule has 1 aliphatic rings. The molecule has 1 aromatic rings. The van der Waals surface area contributed by atoms with E-state index in [4.69, 9.17) is 16.3 Å². The Morgan fingerprint density at radius 2 is 2.10 bits per heavy atom. The molecule has 1 aromatic carbocycles. The fourth-order valence-corrected chi connectivity index (χ4v) is 2.05. The standard InChI is InChI=1S/C15H20ClNO3/c1-10(15(19)12-4-6-13(16)7-5-12)17-14(18)9-20-8-11-2-3-11/h4-7,10-11,15,19H,2-3,8-9H2,1H3,(H,17,18). The summed E-state index contributed by atoms with van der Waals surface area (Å²) in [4.78, 5) is 11.7. The summed E-state index contributed by atoms with van der Waals surface area (Å²) >= 11 is 5.80. The van der Waals surface area contributed by atoms with Crippen LogP contribution in [0.4, 0.5) is 0 Å². The van der Waals surface area contributed by atoms with Crippen LogP contribution < -0.4 is 5.32 Å². The first-order valence-corrected chi connectivity index (χ1v) is 7.24. The van der Waals surface area contributed by atoms with Crippen molar-refractivity contribution in [2.45, 2.75) is 31.9 Å². The molecule has 1 aliphatic carbocycles. The molecule has 1 fully saturated rings. The van der Waals surface area contributed by atoms with Crippen LogP contribution in [-0.2, 0) is 9.53 Å². The summed E-state index contributed by atoms with van der Waals surface area (Å²) < 4.78 is 5.31. The number of benzene rings is 1. The zero-order valence-corrected chi connectivity index (χ0v) is 12.3. The van der Waals surface area contributed by atoms with Crippen molar-refractivity contribution >= 4 is 17.5 Å². The molecule has 5 heteroatoms. The lowest BCUT2D eigenvalue weighted by molar-refractivity contribution is -0.127. The van der Waals surface area contributed by atoms with Gasteiger partial charge in [-0.3, -0.25) is 4.79 Å². The molecule has 0 aromatic heterocycles. The van der Waals surface area contributed by atoms with Crippen LogP contribution in [-0.4, -0.2) is 30.3 Å². The maximum Gasteiger partial charge on any atom is 0.246 e. The number of amides is 1. The van der Waals surface area contributed by atoms with Gasteiger partial charge in [0.05, 0.1) is 18.8 Å². The fraction of sp³-hybridized carbons (Fsp3) is 0.533. The highest BCUT2D eigenvalue weighted by atomic mass is 35.5. The molecule has 0 spiro atoms. The molecule has 2 atom stereocenters. The van der Waals surface area contributed by atoms with Gasteiger partial charge in [-0.05, 0) is 43.4 Å². The highest BCUT2D eigenvalue weighted by molar-refractivity contribution is 6.30. The molecule has 2 rings (SSSR count). The molecule has 110 valence electrons. The Kier molecular flexibility index (Phi) is 5.40. The van der Waals surface area contributed by atoms with Crippen LogP contribution in [0.2, 0.25) is 5.02 Å². The molecule has 0 aliphatic heterocycles. The maximum absolute atomic E-state index is 11.7. The third kappa shape index (κ3) is 4.78. The quantitative estimate of drug-likeness (QED) is 0.812. The molecule has 0 heterocycles. The van der Waals surface area contributed by atoms with Crippen LogP contribution in [0.25, 0.3) is 0 Å². The van der Waals surface area contributed by atoms with Crippen LogP contribution in [0, 0.1) is 5.92 Å². The van der Waals surface area contributed by atoms with E-state index in [1.165, 1.54) is 12.8 Å². The first-order chi connectivity index (χ1) is 9.56. The highest BCUT2D eigenvalue weighted by Crippen LogP contribution is 2.28. The number of hydrogen-bond donors (Lipinski definition) is 2. The minimum atomic E-state index is -0.764. The average molecular weight is 298 g/mol. The smallest absolute Gasteiger partial charge is 0.246 e. The van der Waals surface area contributed by atoms with Crippen LogP contribution in [0.5, 0.6) is 0 Å². The van der Waals surface area contributed by atoms with Crippen molar-refractivity contribution in [3.8, 4) is 0 Å². The van der Waals surface area contributed by atoms with Crippen molar-refractivity contribution in [3.63, 3.8) is 0 Å². The summed E-state index contributed by atoms with van der Waals surface area (Å²) in [5.41, 5.74) is 0.723. The second-order valence-corrected chi connectivity index (χ2v) is 5.75. The number of hydrogen-bond acceptors (Lipinski definition) is 3. The number of nitrogens with one attached hydrogen (secondary N) is 1. The van der Waals surface area contributed by atoms with Crippen LogP contribution >= 0.6 is 11.6 Å². The number of aliphatic hydroxyl groups is 1. The topological polar surface area (TPSA) is 58.6 Å². The van der Waals surface area contributed by atoms with Gasteiger partial charge in [-0.15, -0.1) is 0 Å². The fourth-order valence-electron chi connectivity index (χ4n) is 1.93. The van der Waals surface area contributed by atoms with Gasteiger partial charge in [-0.25, -0.2) is 0 Å². The van der Waals surface area contributed by atoms with Gasteiger partial charge in [0.25, 0.3) is 0 Å². The molecular weight excluding hydrogens is 278 g/mol. The summed E-state index contributed by atoms with van der Waals surface area (Å²) in [6, 6.07) is 6.55. The Morgan fingerprint density at radius 3 is 2.70 bits per heavy atom. The summed E-state index contributed by atoms with van der Waals surface area (Å²) in [6.45, 7) is 2.47. The van der Waals surface area contributed by atoms with E-state index in [9.17, 15) is 9.90 Å². The Hall–Kier alpha value is -1.10. The van der Waals surface area contributed by atoms with Gasteiger partial charge in [0.1, 0.15) is 6.61 Å². The van der Waals surface area contributed by atoms with Crippen molar-refractivity contribution in [2.75, 3.05) is 13.2 Å². The van der Waals surface area contributed by atoms with Gasteiger partial charge in [-0.1, -0.05) is 23.7 Å². The van der Waals surface area contributed by atoms with Crippen LogP contribution in [0.3, 0.4) is 0 Å². The number of halogens is 1. The second kappa shape index (κ2) is 7.07. The van der Waals surface area contributed by atoms with Crippen molar-refractivity contribution in [2.24, 2.45) is 5.92 Å². The monoisotopic (exact) mass is 297 g/mol. The molecule has 0 saturated heterocycles. The lowest BCUT2D eigenvalue weighted by Crippen LogP contribution is -2.39. The van der Waals surface area contributed by atoms with Gasteiger partial charge >= 0.3 is 0 Å². The summed E-state index contributed by atoms with van der Waals surface area (Å²) in [5, 5.41) is 13.5. The SMILES string of the molecule is CC(NC(=O)COCC1CC1)C(O)c1ccc(Cl)cc1. The number of carbonyl (C=O) groups is 1. The molecular formula is C15H20ClNO3. The zero-order valence-electron chi connectivity index (χ0n) is 11.5. The molecule has 4 nitrogen and oxygen atoms in total. The van der Waals surface area contributed by atoms with E-state index in [0.29, 0.717) is 17.5 Å². The van der Waals surface area contributed by atoms with Gasteiger partial charge in [0, 0.05) is 5.02 Å². The lowest BCUT2D eigenvalue weighted by Gasteiger charge is -2.20. The zero-order chi connectivity index (χ0) is 14.5. The molecule has 1 saturated carbocycles. The number of rotatable bonds is 7. The third-order valence-corrected chi connectivity index (χ3v) is 3.61. The normalized spacial score (nSPS) is 17.6. The second-order valence-electron chi connectivity index (χ2n) is 5.31. The first kappa shape index (κ1) is 15.3. The first-order valence-electron chi connectivity index (χ1n) is 6.87. The molecule has 20 heavy (non-hydrogen) atoms. The Bertz CT molecular complexity index is 445. The molecule has 0 radical (unpaired) electrons. The summed E-state index contributed by atoms with van der Waals surface area (Å²) in [7, 11) is 0. The van der Waals surface area contributed by atoms with Gasteiger partial charge in [0.2, 0.25) is 5.91 Å². The lowest BCUT2D eigenvalue weighted by atomic mass is 10.0. The molecule has 0 bridgehead atoms. The van der Waals surface area contributed by atoms with E-state index >= 15 is 0 Å². The summed E-state index contributed by atoms with van der Waals surface area (Å²) in [6.07, 6.45) is 1.64. The van der Waals surface area contributed by atoms with Gasteiger partial charge < -0.3 is 15.2 Å². The van der Waals surface area contributed by atoms with Gasteiger partial charge in [0.15, 0.2) is 0 Å². The van der Waals surface area contributed by atoms with E-state index in [1.54, 1.807) is 31.2 Å². The Labute approximate surface area is 124 Å². The average Bonchev–Trinajstić information content (AvgIpc) is 3.23. The van der Waals surface area contributed by atoms with Crippen molar-refractivity contribution in [3.05, 3.63) is 34.9 Å².